The molecule has 0 bridgehead atoms. The largest absolute Gasteiger partial charge is 0.676 e. The molecule has 0 aliphatic rings. The molecule has 0 amide bonds. The number of unbranched alkanes of at least 4 members (excludes halogenated alkanes) is 1. The fraction of sp³-hybridized carbons (Fsp3) is 1.00. The van der Waals surface area contributed by atoms with E-state index in [9.17, 15) is 0 Å². The Kier molecular flexibility index (Phi) is 14.2. The second-order valence-electron chi connectivity index (χ2n) is 4.99. The van der Waals surface area contributed by atoms with Crippen molar-refractivity contribution in [3.05, 3.63) is 5.73 Å². The average Bonchev–Trinajstić information content (AvgIpc) is 2.14. The summed E-state index contributed by atoms with van der Waals surface area (Å²) in [5.41, 5.74) is 7.31. The molecule has 0 saturated carbocycles. The number of hydrogen-bond donors (Lipinski definition) is 0. The van der Waals surface area contributed by atoms with Crippen LogP contribution in [-0.4, -0.2) is 33.0 Å². The summed E-state index contributed by atoms with van der Waals surface area (Å²) < 4.78 is 10.5. The van der Waals surface area contributed by atoms with Gasteiger partial charge in [-0.3, -0.25) is 0 Å². The topological polar surface area (TPSA) is 42.3 Å². The van der Waals surface area contributed by atoms with Crippen LogP contribution in [0.15, 0.2) is 0 Å². The molecule has 0 aliphatic carbocycles. The van der Waals surface area contributed by atoms with Crippen LogP contribution in [0, 0.1) is 5.41 Å². The standard InChI is InChI=1S/C12H26NO2.W/c1-12(2,3)6-4-5-8-14-10-11-15-9-7-13;/h13H,4-11H2,1-3H3;/q-1;. The molecule has 0 saturated heterocycles. The fourth-order valence-corrected chi connectivity index (χ4v) is 1.25. The van der Waals surface area contributed by atoms with Gasteiger partial charge in [-0.2, -0.15) is 0 Å². The van der Waals surface area contributed by atoms with Crippen molar-refractivity contribution in [1.82, 2.24) is 0 Å². The number of ether oxygens (including phenoxy) is 2. The van der Waals surface area contributed by atoms with E-state index in [1.165, 1.54) is 12.8 Å². The maximum atomic E-state index is 6.87. The molecule has 0 fully saturated rings. The molecule has 0 heterocycles. The van der Waals surface area contributed by atoms with E-state index in [0.717, 1.165) is 13.0 Å². The van der Waals surface area contributed by atoms with Crippen molar-refractivity contribution in [3.63, 3.8) is 0 Å². The van der Waals surface area contributed by atoms with Crippen LogP contribution in [0.5, 0.6) is 0 Å². The van der Waals surface area contributed by atoms with E-state index >= 15 is 0 Å². The quantitative estimate of drug-likeness (QED) is 0.558. The second kappa shape index (κ2) is 12.0. The summed E-state index contributed by atoms with van der Waals surface area (Å²) in [4.78, 5) is 0. The Hall–Kier alpha value is 0.568. The minimum atomic E-state index is 0. The Morgan fingerprint density at radius 2 is 1.44 bits per heavy atom. The maximum Gasteiger partial charge on any atom is 0.0700 e. The van der Waals surface area contributed by atoms with Crippen LogP contribution in [-0.2, 0) is 30.5 Å². The summed E-state index contributed by atoms with van der Waals surface area (Å²) >= 11 is 0. The molecular formula is C12H26NO2W-. The van der Waals surface area contributed by atoms with Crippen molar-refractivity contribution >= 4 is 0 Å². The van der Waals surface area contributed by atoms with E-state index in [2.05, 4.69) is 20.8 Å². The molecule has 0 aromatic heterocycles. The van der Waals surface area contributed by atoms with Gasteiger partial charge in [-0.05, 0) is 18.3 Å². The monoisotopic (exact) mass is 400 g/mol. The molecule has 0 radical (unpaired) electrons. The molecule has 16 heavy (non-hydrogen) atoms. The van der Waals surface area contributed by atoms with Gasteiger partial charge < -0.3 is 15.2 Å². The first kappa shape index (κ1) is 18.9. The predicted octanol–water partition coefficient (Wildman–Crippen LogP) is 3.29. The van der Waals surface area contributed by atoms with Gasteiger partial charge in [0.1, 0.15) is 0 Å². The van der Waals surface area contributed by atoms with Crippen molar-refractivity contribution in [2.45, 2.75) is 40.0 Å². The number of rotatable bonds is 9. The van der Waals surface area contributed by atoms with Gasteiger partial charge in [-0.15, -0.1) is 6.54 Å². The minimum absolute atomic E-state index is 0. The summed E-state index contributed by atoms with van der Waals surface area (Å²) in [5.74, 6) is 0. The molecule has 98 valence electrons. The number of hydrogen-bond acceptors (Lipinski definition) is 2. The Balaban J connectivity index is 0. The second-order valence-corrected chi connectivity index (χ2v) is 4.99. The van der Waals surface area contributed by atoms with Gasteiger partial charge in [0.25, 0.3) is 0 Å². The molecule has 0 aromatic rings. The third-order valence-electron chi connectivity index (χ3n) is 2.08. The van der Waals surface area contributed by atoms with Gasteiger partial charge in [-0.25, -0.2) is 0 Å². The van der Waals surface area contributed by atoms with Gasteiger partial charge >= 0.3 is 0 Å². The minimum Gasteiger partial charge on any atom is -0.676 e. The molecule has 0 atom stereocenters. The van der Waals surface area contributed by atoms with Crippen molar-refractivity contribution in [2.75, 3.05) is 33.0 Å². The summed E-state index contributed by atoms with van der Waals surface area (Å²) in [7, 11) is 0. The summed E-state index contributed by atoms with van der Waals surface area (Å²) in [6.45, 7) is 9.78. The summed E-state index contributed by atoms with van der Waals surface area (Å²) in [6.07, 6.45) is 3.62. The van der Waals surface area contributed by atoms with E-state index in [0.29, 0.717) is 31.8 Å². The van der Waals surface area contributed by atoms with Crippen LogP contribution in [0.4, 0.5) is 0 Å². The van der Waals surface area contributed by atoms with Crippen molar-refractivity contribution in [2.24, 2.45) is 5.41 Å². The molecule has 1 N–H and O–H groups in total. The Bertz CT molecular complexity index is 137. The van der Waals surface area contributed by atoms with Crippen molar-refractivity contribution in [3.8, 4) is 0 Å². The Morgan fingerprint density at radius 3 is 1.94 bits per heavy atom. The number of nitrogens with one attached hydrogen (secondary N) is 1. The first-order chi connectivity index (χ1) is 7.06. The van der Waals surface area contributed by atoms with Crippen LogP contribution >= 0.6 is 0 Å². The average molecular weight is 400 g/mol. The van der Waals surface area contributed by atoms with Crippen LogP contribution in [0.25, 0.3) is 5.73 Å². The third-order valence-corrected chi connectivity index (χ3v) is 2.08. The van der Waals surface area contributed by atoms with Gasteiger partial charge in [0.15, 0.2) is 0 Å². The molecule has 0 aliphatic heterocycles. The first-order valence-corrected chi connectivity index (χ1v) is 5.86. The molecule has 4 heteroatoms. The summed E-state index contributed by atoms with van der Waals surface area (Å²) in [6, 6.07) is 0. The van der Waals surface area contributed by atoms with Crippen LogP contribution in [0.2, 0.25) is 0 Å². The van der Waals surface area contributed by atoms with E-state index in [1.54, 1.807) is 0 Å². The zero-order valence-electron chi connectivity index (χ0n) is 10.9. The van der Waals surface area contributed by atoms with Crippen molar-refractivity contribution in [1.29, 1.82) is 0 Å². The molecule has 3 nitrogen and oxygen atoms in total. The third kappa shape index (κ3) is 17.0. The molecule has 0 unspecified atom stereocenters. The first-order valence-electron chi connectivity index (χ1n) is 5.86. The van der Waals surface area contributed by atoms with Gasteiger partial charge in [0, 0.05) is 34.3 Å². The Morgan fingerprint density at radius 1 is 0.875 bits per heavy atom. The fourth-order valence-electron chi connectivity index (χ4n) is 1.25. The Labute approximate surface area is 115 Å². The smallest absolute Gasteiger partial charge is 0.0700 e. The van der Waals surface area contributed by atoms with E-state index in [4.69, 9.17) is 15.2 Å². The predicted molar refractivity (Wildman–Crippen MR) is 64.1 cm³/mol. The molecule has 0 spiro atoms. The van der Waals surface area contributed by atoms with E-state index < -0.39 is 0 Å². The normalized spacial score (nSPS) is 11.2. The molecule has 0 rings (SSSR count). The summed E-state index contributed by atoms with van der Waals surface area (Å²) in [5, 5.41) is 0. The molecular weight excluding hydrogens is 374 g/mol. The van der Waals surface area contributed by atoms with Gasteiger partial charge in [-0.1, -0.05) is 27.2 Å². The van der Waals surface area contributed by atoms with E-state index in [-0.39, 0.29) is 21.1 Å². The van der Waals surface area contributed by atoms with Gasteiger partial charge in [0.05, 0.1) is 13.2 Å². The molecule has 0 aromatic carbocycles. The zero-order chi connectivity index (χ0) is 11.6. The maximum absolute atomic E-state index is 6.87. The van der Waals surface area contributed by atoms with Crippen molar-refractivity contribution < 1.29 is 30.5 Å². The zero-order valence-corrected chi connectivity index (χ0v) is 13.8. The van der Waals surface area contributed by atoms with Crippen LogP contribution in [0.1, 0.15) is 40.0 Å². The van der Waals surface area contributed by atoms with E-state index in [1.807, 2.05) is 0 Å². The SMILES string of the molecule is CC(C)(C)CCCCOCCOCC[NH-].[W]. The van der Waals surface area contributed by atoms with Gasteiger partial charge in [0.2, 0.25) is 0 Å². The van der Waals surface area contributed by atoms with Crippen LogP contribution in [0.3, 0.4) is 0 Å². The van der Waals surface area contributed by atoms with Crippen LogP contribution < -0.4 is 0 Å².